The van der Waals surface area contributed by atoms with Gasteiger partial charge in [-0.3, -0.25) is 0 Å². The highest BCUT2D eigenvalue weighted by Gasteiger charge is 2.20. The minimum absolute atomic E-state index is 1.05. The second-order valence-electron chi connectivity index (χ2n) is 3.62. The Morgan fingerprint density at radius 2 is 1.92 bits per heavy atom. The lowest BCUT2D eigenvalue weighted by Crippen LogP contribution is -2.04. The first-order chi connectivity index (χ1) is 5.77. The van der Waals surface area contributed by atoms with Crippen LogP contribution in [0.1, 0.15) is 35.5 Å². The molecule has 0 amide bonds. The van der Waals surface area contributed by atoms with Crippen LogP contribution in [-0.2, 0) is 12.8 Å². The third-order valence-corrected chi connectivity index (χ3v) is 2.63. The van der Waals surface area contributed by atoms with Crippen molar-refractivity contribution in [3.05, 3.63) is 28.7 Å². The second kappa shape index (κ2) is 2.89. The maximum atomic E-state index is 5.58. The number of aryl methyl sites for hydroxylation is 3. The van der Waals surface area contributed by atoms with Gasteiger partial charge in [0.1, 0.15) is 0 Å². The Hall–Kier alpha value is -0.850. The van der Waals surface area contributed by atoms with Crippen LogP contribution in [0.15, 0.2) is 10.5 Å². The summed E-state index contributed by atoms with van der Waals surface area (Å²) in [5.74, 6) is 2.18. The highest BCUT2D eigenvalue weighted by Crippen LogP contribution is 2.25. The highest BCUT2D eigenvalue weighted by molar-refractivity contribution is 5.31. The van der Waals surface area contributed by atoms with Crippen molar-refractivity contribution in [2.24, 2.45) is 0 Å². The first kappa shape index (κ1) is 7.78. The van der Waals surface area contributed by atoms with E-state index in [9.17, 15) is 0 Å². The zero-order valence-electron chi connectivity index (χ0n) is 7.81. The van der Waals surface area contributed by atoms with Crippen LogP contribution in [0.3, 0.4) is 0 Å². The van der Waals surface area contributed by atoms with Crippen molar-refractivity contribution in [3.63, 3.8) is 0 Å². The Balaban J connectivity index is 2.53. The molecule has 1 aromatic heterocycles. The third kappa shape index (κ3) is 1.24. The van der Waals surface area contributed by atoms with E-state index in [0.717, 1.165) is 11.5 Å². The van der Waals surface area contributed by atoms with E-state index in [2.05, 4.69) is 13.0 Å². The van der Waals surface area contributed by atoms with Crippen LogP contribution in [-0.4, -0.2) is 0 Å². The first-order valence-corrected chi connectivity index (χ1v) is 4.69. The lowest BCUT2D eigenvalue weighted by molar-refractivity contribution is 0.467. The van der Waals surface area contributed by atoms with Crippen molar-refractivity contribution >= 4 is 0 Å². The molecule has 0 saturated heterocycles. The lowest BCUT2D eigenvalue weighted by atomic mass is 9.91. The van der Waals surface area contributed by atoms with Crippen LogP contribution < -0.4 is 0 Å². The maximum Gasteiger partial charge on any atom is 0.329 e. The summed E-state index contributed by atoms with van der Waals surface area (Å²) in [5.41, 5.74) is 2.98. The molecule has 1 aromatic rings. The van der Waals surface area contributed by atoms with E-state index in [1.54, 1.807) is 0 Å². The van der Waals surface area contributed by atoms with E-state index in [4.69, 9.17) is 4.42 Å². The summed E-state index contributed by atoms with van der Waals surface area (Å²) in [7, 11) is 0. The summed E-state index contributed by atoms with van der Waals surface area (Å²) >= 11 is 0. The van der Waals surface area contributed by atoms with Gasteiger partial charge in [0.05, 0.1) is 19.4 Å². The van der Waals surface area contributed by atoms with Crippen LogP contribution in [0, 0.1) is 13.8 Å². The van der Waals surface area contributed by atoms with Gasteiger partial charge in [-0.2, -0.15) is 0 Å². The molecular formula is C11H15O+. The molecule has 64 valence electrons. The lowest BCUT2D eigenvalue weighted by Gasteiger charge is -2.12. The summed E-state index contributed by atoms with van der Waals surface area (Å²) in [5, 5.41) is 0. The monoisotopic (exact) mass is 163 g/mol. The zero-order chi connectivity index (χ0) is 8.55. The van der Waals surface area contributed by atoms with Crippen molar-refractivity contribution in [1.29, 1.82) is 0 Å². The Morgan fingerprint density at radius 3 is 2.75 bits per heavy atom. The molecule has 0 unspecified atom stereocenters. The molecule has 0 aliphatic heterocycles. The molecule has 1 heteroatoms. The average Bonchev–Trinajstić information content (AvgIpc) is 2.04. The molecule has 0 N–H and O–H groups in total. The maximum absolute atomic E-state index is 5.58. The Kier molecular flexibility index (Phi) is 1.87. The van der Waals surface area contributed by atoms with Gasteiger partial charge in [0, 0.05) is 6.07 Å². The summed E-state index contributed by atoms with van der Waals surface area (Å²) in [6, 6.07) is 2.20. The third-order valence-electron chi connectivity index (χ3n) is 2.63. The van der Waals surface area contributed by atoms with Gasteiger partial charge >= 0.3 is 11.5 Å². The second-order valence-corrected chi connectivity index (χ2v) is 3.62. The minimum Gasteiger partial charge on any atom is -0.218 e. The van der Waals surface area contributed by atoms with E-state index in [1.807, 2.05) is 6.92 Å². The molecule has 0 bridgehead atoms. The molecule has 0 aromatic carbocycles. The van der Waals surface area contributed by atoms with E-state index in [-0.39, 0.29) is 0 Å². The SMILES string of the molecule is Cc1cc2c(c(C)[o+]1)CCCC2. The fourth-order valence-electron chi connectivity index (χ4n) is 2.07. The summed E-state index contributed by atoms with van der Waals surface area (Å²) < 4.78 is 5.58. The van der Waals surface area contributed by atoms with Crippen LogP contribution >= 0.6 is 0 Å². The molecule has 1 heterocycles. The van der Waals surface area contributed by atoms with Crippen molar-refractivity contribution < 1.29 is 4.42 Å². The van der Waals surface area contributed by atoms with E-state index in [0.29, 0.717) is 0 Å². The van der Waals surface area contributed by atoms with Gasteiger partial charge < -0.3 is 0 Å². The normalized spacial score (nSPS) is 15.8. The van der Waals surface area contributed by atoms with Crippen molar-refractivity contribution in [3.8, 4) is 0 Å². The topological polar surface area (TPSA) is 11.3 Å². The Morgan fingerprint density at radius 1 is 1.17 bits per heavy atom. The van der Waals surface area contributed by atoms with Crippen LogP contribution in [0.25, 0.3) is 0 Å². The minimum atomic E-state index is 1.05. The molecule has 0 saturated carbocycles. The standard InChI is InChI=1S/C11H15O/c1-8-7-10-5-3-4-6-11(10)9(2)12-8/h7H,3-6H2,1-2H3/q+1. The molecular weight excluding hydrogens is 148 g/mol. The molecule has 0 atom stereocenters. The van der Waals surface area contributed by atoms with E-state index < -0.39 is 0 Å². The van der Waals surface area contributed by atoms with E-state index >= 15 is 0 Å². The molecule has 12 heavy (non-hydrogen) atoms. The van der Waals surface area contributed by atoms with Crippen molar-refractivity contribution in [2.75, 3.05) is 0 Å². The van der Waals surface area contributed by atoms with Gasteiger partial charge in [-0.05, 0) is 31.2 Å². The van der Waals surface area contributed by atoms with Gasteiger partial charge in [0.15, 0.2) is 0 Å². The summed E-state index contributed by atoms with van der Waals surface area (Å²) in [6.45, 7) is 4.11. The number of hydrogen-bond acceptors (Lipinski definition) is 0. The fourth-order valence-corrected chi connectivity index (χ4v) is 2.07. The zero-order valence-corrected chi connectivity index (χ0v) is 7.81. The number of fused-ring (bicyclic) bond motifs is 1. The van der Waals surface area contributed by atoms with Crippen LogP contribution in [0.5, 0.6) is 0 Å². The van der Waals surface area contributed by atoms with Gasteiger partial charge in [0.25, 0.3) is 0 Å². The highest BCUT2D eigenvalue weighted by atomic mass is 16.3. The van der Waals surface area contributed by atoms with E-state index in [1.165, 1.54) is 36.8 Å². The number of hydrogen-bond donors (Lipinski definition) is 0. The first-order valence-electron chi connectivity index (χ1n) is 4.69. The Bertz CT molecular complexity index is 302. The van der Waals surface area contributed by atoms with Gasteiger partial charge in [-0.15, -0.1) is 0 Å². The Labute approximate surface area is 73.4 Å². The number of rotatable bonds is 0. The fraction of sp³-hybridized carbons (Fsp3) is 0.545. The van der Waals surface area contributed by atoms with Gasteiger partial charge in [0.2, 0.25) is 0 Å². The predicted molar refractivity (Wildman–Crippen MR) is 49.2 cm³/mol. The quantitative estimate of drug-likeness (QED) is 0.535. The van der Waals surface area contributed by atoms with Crippen LogP contribution in [0.4, 0.5) is 0 Å². The molecule has 1 aliphatic carbocycles. The van der Waals surface area contributed by atoms with Gasteiger partial charge in [-0.25, -0.2) is 4.42 Å². The average molecular weight is 163 g/mol. The van der Waals surface area contributed by atoms with Crippen molar-refractivity contribution in [2.45, 2.75) is 39.5 Å². The smallest absolute Gasteiger partial charge is 0.218 e. The molecule has 0 spiro atoms. The molecule has 0 radical (unpaired) electrons. The molecule has 1 aliphatic rings. The molecule has 1 nitrogen and oxygen atoms in total. The largest absolute Gasteiger partial charge is 0.329 e. The molecule has 0 fully saturated rings. The summed E-state index contributed by atoms with van der Waals surface area (Å²) in [6.07, 6.45) is 5.13. The molecule has 2 rings (SSSR count). The van der Waals surface area contributed by atoms with Crippen LogP contribution in [0.2, 0.25) is 0 Å². The summed E-state index contributed by atoms with van der Waals surface area (Å²) in [4.78, 5) is 0. The van der Waals surface area contributed by atoms with Crippen molar-refractivity contribution in [1.82, 2.24) is 0 Å². The predicted octanol–water partition coefficient (Wildman–Crippen LogP) is 3.06. The van der Waals surface area contributed by atoms with Gasteiger partial charge in [-0.1, -0.05) is 0 Å².